The third kappa shape index (κ3) is 3.58. The van der Waals surface area contributed by atoms with E-state index >= 15 is 0 Å². The van der Waals surface area contributed by atoms with Gasteiger partial charge in [0.2, 0.25) is 0 Å². The largest absolute Gasteiger partial charge is 0.399 e. The Kier molecular flexibility index (Phi) is 4.84. The van der Waals surface area contributed by atoms with Crippen molar-refractivity contribution in [3.05, 3.63) is 56.5 Å². The van der Waals surface area contributed by atoms with Gasteiger partial charge >= 0.3 is 0 Å². The molecule has 94 valence electrons. The van der Waals surface area contributed by atoms with Crippen LogP contribution in [0.25, 0.3) is 0 Å². The number of hydrogen-bond donors (Lipinski definition) is 1. The molecular weight excluding hydrogens is 353 g/mol. The molecule has 2 aromatic carbocycles. The van der Waals surface area contributed by atoms with Crippen molar-refractivity contribution >= 4 is 56.6 Å². The first-order chi connectivity index (χ1) is 8.56. The van der Waals surface area contributed by atoms with Gasteiger partial charge < -0.3 is 5.73 Å². The fraction of sp³-hybridized carbons (Fsp3) is 0.0769. The smallest absolute Gasteiger partial charge is 0.0543 e. The van der Waals surface area contributed by atoms with Crippen LogP contribution in [0.4, 0.5) is 5.69 Å². The average Bonchev–Trinajstić information content (AvgIpc) is 2.32. The highest BCUT2D eigenvalue weighted by Crippen LogP contribution is 2.33. The molecule has 0 amide bonds. The summed E-state index contributed by atoms with van der Waals surface area (Å²) in [6.07, 6.45) is 0. The number of halogens is 3. The quantitative estimate of drug-likeness (QED) is 0.565. The summed E-state index contributed by atoms with van der Waals surface area (Å²) in [6.45, 7) is 0. The van der Waals surface area contributed by atoms with Crippen molar-refractivity contribution in [2.24, 2.45) is 0 Å². The minimum Gasteiger partial charge on any atom is -0.399 e. The second kappa shape index (κ2) is 6.20. The molecule has 0 unspecified atom stereocenters. The van der Waals surface area contributed by atoms with E-state index in [1.807, 2.05) is 30.3 Å². The molecule has 2 N–H and O–H groups in total. The van der Waals surface area contributed by atoms with E-state index in [4.69, 9.17) is 28.9 Å². The summed E-state index contributed by atoms with van der Waals surface area (Å²) in [5.41, 5.74) is 7.53. The lowest BCUT2D eigenvalue weighted by Crippen LogP contribution is -1.87. The zero-order chi connectivity index (χ0) is 13.1. The molecule has 0 saturated carbocycles. The van der Waals surface area contributed by atoms with Crippen LogP contribution >= 0.6 is 50.9 Å². The Bertz CT molecular complexity index is 575. The SMILES string of the molecule is Nc1ccc(Cl)c(SCc2ccc(Br)cc2Cl)c1. The van der Waals surface area contributed by atoms with E-state index in [1.165, 1.54) is 0 Å². The fourth-order valence-electron chi connectivity index (χ4n) is 1.42. The molecule has 0 fully saturated rings. The summed E-state index contributed by atoms with van der Waals surface area (Å²) in [5.74, 6) is 0.759. The van der Waals surface area contributed by atoms with Gasteiger partial charge in [-0.15, -0.1) is 11.8 Å². The van der Waals surface area contributed by atoms with E-state index in [0.29, 0.717) is 10.7 Å². The fourth-order valence-corrected chi connectivity index (χ4v) is 3.51. The standard InChI is InChI=1S/C13H10BrCl2NS/c14-9-2-1-8(12(16)5-9)7-18-13-6-10(17)3-4-11(13)15/h1-6H,7,17H2. The topological polar surface area (TPSA) is 26.0 Å². The third-order valence-corrected chi connectivity index (χ3v) is 4.74. The first-order valence-electron chi connectivity index (χ1n) is 5.18. The number of hydrogen-bond acceptors (Lipinski definition) is 2. The highest BCUT2D eigenvalue weighted by atomic mass is 79.9. The first kappa shape index (κ1) is 14.1. The molecule has 2 rings (SSSR count). The minimum absolute atomic E-state index is 0.711. The van der Waals surface area contributed by atoms with Gasteiger partial charge in [-0.25, -0.2) is 0 Å². The maximum atomic E-state index is 6.17. The molecule has 0 saturated heterocycles. The van der Waals surface area contributed by atoms with E-state index in [2.05, 4.69) is 15.9 Å². The van der Waals surface area contributed by atoms with E-state index in [9.17, 15) is 0 Å². The highest BCUT2D eigenvalue weighted by molar-refractivity contribution is 9.10. The van der Waals surface area contributed by atoms with Gasteiger partial charge in [0.15, 0.2) is 0 Å². The predicted octanol–water partition coefficient (Wildman–Crippen LogP) is 5.63. The van der Waals surface area contributed by atoms with Crippen molar-refractivity contribution in [1.29, 1.82) is 0 Å². The molecule has 18 heavy (non-hydrogen) atoms. The average molecular weight is 363 g/mol. The van der Waals surface area contributed by atoms with Gasteiger partial charge in [-0.2, -0.15) is 0 Å². The van der Waals surface area contributed by atoms with Gasteiger partial charge in [-0.1, -0.05) is 45.2 Å². The van der Waals surface area contributed by atoms with Crippen molar-refractivity contribution in [3.63, 3.8) is 0 Å². The van der Waals surface area contributed by atoms with Crippen LogP contribution in [-0.2, 0) is 5.75 Å². The molecular formula is C13H10BrCl2NS. The zero-order valence-electron chi connectivity index (χ0n) is 9.29. The van der Waals surface area contributed by atoms with E-state index in [-0.39, 0.29) is 0 Å². The lowest BCUT2D eigenvalue weighted by molar-refractivity contribution is 1.37. The maximum Gasteiger partial charge on any atom is 0.0543 e. The molecule has 0 atom stereocenters. The van der Waals surface area contributed by atoms with Crippen LogP contribution in [0.2, 0.25) is 10.0 Å². The molecule has 5 heteroatoms. The molecule has 0 aliphatic rings. The van der Waals surface area contributed by atoms with Crippen LogP contribution < -0.4 is 5.73 Å². The second-order valence-corrected chi connectivity index (χ2v) is 6.46. The van der Waals surface area contributed by atoms with Crippen LogP contribution in [0.1, 0.15) is 5.56 Å². The van der Waals surface area contributed by atoms with Crippen LogP contribution in [0.5, 0.6) is 0 Å². The molecule has 0 aliphatic heterocycles. The number of nitrogens with two attached hydrogens (primary N) is 1. The van der Waals surface area contributed by atoms with E-state index in [1.54, 1.807) is 17.8 Å². The lowest BCUT2D eigenvalue weighted by Gasteiger charge is -2.07. The van der Waals surface area contributed by atoms with Crippen LogP contribution in [-0.4, -0.2) is 0 Å². The van der Waals surface area contributed by atoms with Crippen molar-refractivity contribution < 1.29 is 0 Å². The van der Waals surface area contributed by atoms with Crippen molar-refractivity contribution in [1.82, 2.24) is 0 Å². The van der Waals surface area contributed by atoms with Crippen molar-refractivity contribution in [3.8, 4) is 0 Å². The summed E-state index contributed by atoms with van der Waals surface area (Å²) >= 11 is 17.3. The minimum atomic E-state index is 0.711. The number of nitrogen functional groups attached to an aromatic ring is 1. The van der Waals surface area contributed by atoms with Crippen LogP contribution in [0.15, 0.2) is 45.8 Å². The first-order valence-corrected chi connectivity index (χ1v) is 7.71. The normalized spacial score (nSPS) is 10.6. The Labute approximate surface area is 129 Å². The number of rotatable bonds is 3. The van der Waals surface area contributed by atoms with E-state index < -0.39 is 0 Å². The van der Waals surface area contributed by atoms with Gasteiger partial charge in [-0.3, -0.25) is 0 Å². The number of thioether (sulfide) groups is 1. The van der Waals surface area contributed by atoms with Crippen molar-refractivity contribution in [2.75, 3.05) is 5.73 Å². The zero-order valence-corrected chi connectivity index (χ0v) is 13.2. The summed E-state index contributed by atoms with van der Waals surface area (Å²) in [6, 6.07) is 11.3. The number of anilines is 1. The van der Waals surface area contributed by atoms with Gasteiger partial charge in [0.05, 0.1) is 5.02 Å². The lowest BCUT2D eigenvalue weighted by atomic mass is 10.2. The maximum absolute atomic E-state index is 6.17. The summed E-state index contributed by atoms with van der Waals surface area (Å²) in [4.78, 5) is 0.968. The molecule has 0 aromatic heterocycles. The molecule has 1 nitrogen and oxygen atoms in total. The summed E-state index contributed by atoms with van der Waals surface area (Å²) in [5, 5.41) is 1.46. The molecule has 0 radical (unpaired) electrons. The Morgan fingerprint density at radius 2 is 1.83 bits per heavy atom. The summed E-state index contributed by atoms with van der Waals surface area (Å²) in [7, 11) is 0. The predicted molar refractivity (Wildman–Crippen MR) is 84.6 cm³/mol. The van der Waals surface area contributed by atoms with Crippen LogP contribution in [0, 0.1) is 0 Å². The Morgan fingerprint density at radius 1 is 1.06 bits per heavy atom. The Hall–Kier alpha value is -0.350. The highest BCUT2D eigenvalue weighted by Gasteiger charge is 2.05. The van der Waals surface area contributed by atoms with Gasteiger partial charge in [0, 0.05) is 25.8 Å². The Balaban J connectivity index is 2.13. The van der Waals surface area contributed by atoms with E-state index in [0.717, 1.165) is 25.7 Å². The van der Waals surface area contributed by atoms with Gasteiger partial charge in [-0.05, 0) is 35.9 Å². The monoisotopic (exact) mass is 361 g/mol. The van der Waals surface area contributed by atoms with Crippen molar-refractivity contribution in [2.45, 2.75) is 10.6 Å². The molecule has 0 bridgehead atoms. The molecule has 0 aliphatic carbocycles. The summed E-state index contributed by atoms with van der Waals surface area (Å²) < 4.78 is 0.975. The molecule has 0 spiro atoms. The van der Waals surface area contributed by atoms with Gasteiger partial charge in [0.1, 0.15) is 0 Å². The Morgan fingerprint density at radius 3 is 2.56 bits per heavy atom. The van der Waals surface area contributed by atoms with Crippen LogP contribution in [0.3, 0.4) is 0 Å². The third-order valence-electron chi connectivity index (χ3n) is 2.35. The molecule has 2 aromatic rings. The number of benzene rings is 2. The molecule has 0 heterocycles. The second-order valence-electron chi connectivity index (χ2n) is 3.71. The van der Waals surface area contributed by atoms with Gasteiger partial charge in [0.25, 0.3) is 0 Å².